The molecule has 0 heterocycles. The van der Waals surface area contributed by atoms with E-state index in [2.05, 4.69) is 5.32 Å². The Balaban J connectivity index is 1.94. The van der Waals surface area contributed by atoms with Crippen molar-refractivity contribution in [1.29, 1.82) is 0 Å². The molecule has 0 unspecified atom stereocenters. The summed E-state index contributed by atoms with van der Waals surface area (Å²) in [6.45, 7) is 1.95. The van der Waals surface area contributed by atoms with Crippen molar-refractivity contribution in [2.75, 3.05) is 21.3 Å². The molecule has 2 aromatic rings. The van der Waals surface area contributed by atoms with Gasteiger partial charge in [-0.3, -0.25) is 4.79 Å². The maximum atomic E-state index is 12.3. The third-order valence-electron chi connectivity index (χ3n) is 4.07. The molecule has 0 saturated carbocycles. The van der Waals surface area contributed by atoms with Gasteiger partial charge in [-0.1, -0.05) is 24.3 Å². The lowest BCUT2D eigenvalue weighted by atomic mass is 10.1. The quantitative estimate of drug-likeness (QED) is 0.797. The van der Waals surface area contributed by atoms with Crippen molar-refractivity contribution < 1.29 is 19.0 Å². The van der Waals surface area contributed by atoms with E-state index in [0.29, 0.717) is 24.3 Å². The van der Waals surface area contributed by atoms with Crippen molar-refractivity contribution in [2.45, 2.75) is 25.8 Å². The number of hydrogen-bond acceptors (Lipinski definition) is 4. The molecule has 0 aliphatic rings. The maximum Gasteiger partial charge on any atom is 0.220 e. The Morgan fingerprint density at radius 3 is 2.32 bits per heavy atom. The average molecular weight is 343 g/mol. The number of carbonyl (C=O) groups is 1. The number of aryl methyl sites for hydroxylation is 1. The maximum absolute atomic E-state index is 12.3. The number of carbonyl (C=O) groups excluding carboxylic acids is 1. The first-order chi connectivity index (χ1) is 12.1. The molecule has 0 spiro atoms. The third kappa shape index (κ3) is 4.89. The molecular formula is C20H25NO4. The SMILES string of the molecule is COc1ccc(CCC(=O)N[C@H](C)c2ccccc2OC)cc1OC. The molecule has 2 aromatic carbocycles. The van der Waals surface area contributed by atoms with Gasteiger partial charge in [-0.05, 0) is 37.1 Å². The molecule has 2 rings (SSSR count). The highest BCUT2D eigenvalue weighted by atomic mass is 16.5. The Hall–Kier alpha value is -2.69. The van der Waals surface area contributed by atoms with E-state index < -0.39 is 0 Å². The molecule has 25 heavy (non-hydrogen) atoms. The first kappa shape index (κ1) is 18.6. The molecule has 0 fully saturated rings. The van der Waals surface area contributed by atoms with Gasteiger partial charge in [0.1, 0.15) is 5.75 Å². The highest BCUT2D eigenvalue weighted by molar-refractivity contribution is 5.76. The zero-order valence-corrected chi connectivity index (χ0v) is 15.2. The van der Waals surface area contributed by atoms with Gasteiger partial charge in [0.25, 0.3) is 0 Å². The molecule has 1 amide bonds. The number of nitrogens with one attached hydrogen (secondary N) is 1. The topological polar surface area (TPSA) is 56.8 Å². The van der Waals surface area contributed by atoms with E-state index in [4.69, 9.17) is 14.2 Å². The van der Waals surface area contributed by atoms with Crippen LogP contribution < -0.4 is 19.5 Å². The molecule has 1 atom stereocenters. The first-order valence-electron chi connectivity index (χ1n) is 8.22. The highest BCUT2D eigenvalue weighted by Gasteiger charge is 2.14. The van der Waals surface area contributed by atoms with Gasteiger partial charge < -0.3 is 19.5 Å². The van der Waals surface area contributed by atoms with Crippen LogP contribution in [0.4, 0.5) is 0 Å². The molecule has 0 radical (unpaired) electrons. The normalized spacial score (nSPS) is 11.5. The van der Waals surface area contributed by atoms with E-state index in [1.807, 2.05) is 49.4 Å². The molecule has 0 saturated heterocycles. The summed E-state index contributed by atoms with van der Waals surface area (Å²) in [6.07, 6.45) is 1.03. The highest BCUT2D eigenvalue weighted by Crippen LogP contribution is 2.28. The molecule has 5 heteroatoms. The zero-order valence-electron chi connectivity index (χ0n) is 15.2. The molecule has 5 nitrogen and oxygen atoms in total. The smallest absolute Gasteiger partial charge is 0.220 e. The van der Waals surface area contributed by atoms with Crippen LogP contribution in [-0.4, -0.2) is 27.2 Å². The summed E-state index contributed by atoms with van der Waals surface area (Å²) < 4.78 is 15.9. The second-order valence-electron chi connectivity index (χ2n) is 5.72. The molecule has 134 valence electrons. The van der Waals surface area contributed by atoms with Crippen molar-refractivity contribution in [3.05, 3.63) is 53.6 Å². The minimum atomic E-state index is -0.117. The Morgan fingerprint density at radius 1 is 0.960 bits per heavy atom. The summed E-state index contributed by atoms with van der Waals surface area (Å²) in [5, 5.41) is 3.02. The summed E-state index contributed by atoms with van der Waals surface area (Å²) >= 11 is 0. The number of amides is 1. The number of hydrogen-bond donors (Lipinski definition) is 1. The predicted molar refractivity (Wildman–Crippen MR) is 97.4 cm³/mol. The van der Waals surface area contributed by atoms with Crippen molar-refractivity contribution in [1.82, 2.24) is 5.32 Å². The Labute approximate surface area is 148 Å². The van der Waals surface area contributed by atoms with Gasteiger partial charge in [0.2, 0.25) is 5.91 Å². The minimum Gasteiger partial charge on any atom is -0.496 e. The van der Waals surface area contributed by atoms with Gasteiger partial charge >= 0.3 is 0 Å². The lowest BCUT2D eigenvalue weighted by molar-refractivity contribution is -0.121. The van der Waals surface area contributed by atoms with Gasteiger partial charge in [-0.15, -0.1) is 0 Å². The fourth-order valence-electron chi connectivity index (χ4n) is 2.71. The molecule has 1 N–H and O–H groups in total. The van der Waals surface area contributed by atoms with Crippen LogP contribution in [0, 0.1) is 0 Å². The molecule has 0 aromatic heterocycles. The van der Waals surface area contributed by atoms with E-state index in [0.717, 1.165) is 16.9 Å². The molecular weight excluding hydrogens is 318 g/mol. The summed E-state index contributed by atoms with van der Waals surface area (Å²) in [7, 11) is 4.83. The lowest BCUT2D eigenvalue weighted by Gasteiger charge is -2.17. The summed E-state index contributed by atoms with van der Waals surface area (Å²) in [5.41, 5.74) is 1.99. The third-order valence-corrected chi connectivity index (χ3v) is 4.07. The summed E-state index contributed by atoms with van der Waals surface area (Å²) in [4.78, 5) is 12.3. The van der Waals surface area contributed by atoms with Crippen LogP contribution in [0.1, 0.15) is 30.5 Å². The van der Waals surface area contributed by atoms with Crippen LogP contribution in [0.3, 0.4) is 0 Å². The average Bonchev–Trinajstić information content (AvgIpc) is 2.65. The first-order valence-corrected chi connectivity index (χ1v) is 8.22. The second-order valence-corrected chi connectivity index (χ2v) is 5.72. The Bertz CT molecular complexity index is 715. The monoisotopic (exact) mass is 343 g/mol. The number of rotatable bonds is 8. The van der Waals surface area contributed by atoms with E-state index >= 15 is 0 Å². The predicted octanol–water partition coefficient (Wildman–Crippen LogP) is 3.52. The van der Waals surface area contributed by atoms with Crippen LogP contribution in [-0.2, 0) is 11.2 Å². The fourth-order valence-corrected chi connectivity index (χ4v) is 2.71. The van der Waals surface area contributed by atoms with Gasteiger partial charge in [-0.25, -0.2) is 0 Å². The van der Waals surface area contributed by atoms with E-state index in [1.54, 1.807) is 21.3 Å². The van der Waals surface area contributed by atoms with Gasteiger partial charge in [-0.2, -0.15) is 0 Å². The van der Waals surface area contributed by atoms with E-state index in [9.17, 15) is 4.79 Å². The van der Waals surface area contributed by atoms with Crippen molar-refractivity contribution in [3.63, 3.8) is 0 Å². The number of benzene rings is 2. The number of ether oxygens (including phenoxy) is 3. The van der Waals surface area contributed by atoms with E-state index in [-0.39, 0.29) is 11.9 Å². The minimum absolute atomic E-state index is 0.00630. The zero-order chi connectivity index (χ0) is 18.2. The van der Waals surface area contributed by atoms with Crippen molar-refractivity contribution in [2.24, 2.45) is 0 Å². The van der Waals surface area contributed by atoms with Crippen LogP contribution >= 0.6 is 0 Å². The van der Waals surface area contributed by atoms with Crippen molar-refractivity contribution >= 4 is 5.91 Å². The van der Waals surface area contributed by atoms with Gasteiger partial charge in [0.05, 0.1) is 27.4 Å². The fraction of sp³-hybridized carbons (Fsp3) is 0.350. The van der Waals surface area contributed by atoms with Gasteiger partial charge in [0.15, 0.2) is 11.5 Å². The lowest BCUT2D eigenvalue weighted by Crippen LogP contribution is -2.27. The van der Waals surface area contributed by atoms with Crippen LogP contribution in [0.25, 0.3) is 0 Å². The Morgan fingerprint density at radius 2 is 1.64 bits per heavy atom. The van der Waals surface area contributed by atoms with Crippen LogP contribution in [0.2, 0.25) is 0 Å². The van der Waals surface area contributed by atoms with E-state index in [1.165, 1.54) is 0 Å². The van der Waals surface area contributed by atoms with Crippen LogP contribution in [0.5, 0.6) is 17.2 Å². The largest absolute Gasteiger partial charge is 0.496 e. The van der Waals surface area contributed by atoms with Crippen molar-refractivity contribution in [3.8, 4) is 17.2 Å². The second kappa shape index (κ2) is 8.97. The number of para-hydroxylation sites is 1. The molecule has 0 aliphatic carbocycles. The Kier molecular flexibility index (Phi) is 6.69. The summed E-state index contributed by atoms with van der Waals surface area (Å²) in [6, 6.07) is 13.3. The number of methoxy groups -OCH3 is 3. The van der Waals surface area contributed by atoms with Gasteiger partial charge in [0, 0.05) is 12.0 Å². The van der Waals surface area contributed by atoms with Crippen LogP contribution in [0.15, 0.2) is 42.5 Å². The molecule has 0 aliphatic heterocycles. The standard InChI is InChI=1S/C20H25NO4/c1-14(16-7-5-6-8-17(16)23-2)21-20(22)12-10-15-9-11-18(24-3)19(13-15)25-4/h5-9,11,13-14H,10,12H2,1-4H3,(H,21,22)/t14-/m1/s1. The summed E-state index contributed by atoms with van der Waals surface area (Å²) in [5.74, 6) is 2.12. The molecule has 0 bridgehead atoms.